The number of terminal acetylenes is 1. The number of carbonyl (C=O) groups is 1. The molecule has 0 bridgehead atoms. The predicted molar refractivity (Wildman–Crippen MR) is 121 cm³/mol. The third-order valence-corrected chi connectivity index (χ3v) is 6.44. The Morgan fingerprint density at radius 3 is 2.97 bits per heavy atom. The molecule has 33 heavy (non-hydrogen) atoms. The number of likely N-dealkylation sites (tertiary alicyclic amines) is 1. The Hall–Kier alpha value is -3.65. The first-order chi connectivity index (χ1) is 15.8. The smallest absolute Gasteiger partial charge is 0.407 e. The SMILES string of the molecule is C#CCOc1cnc(/C(F)=C/c2ccc(F)c(C34CN(C(=O)O)CC3CSC(N)=N4)c2)cn1. The average molecular weight is 471 g/mol. The first-order valence-electron chi connectivity index (χ1n) is 9.84. The molecule has 2 aliphatic rings. The number of nitrogens with zero attached hydrogens (tertiary/aromatic N) is 4. The molecular formula is C22H19F2N5O3S. The molecule has 8 nitrogen and oxygen atoms in total. The minimum absolute atomic E-state index is 0.0122. The number of rotatable bonds is 5. The number of hydrogen-bond acceptors (Lipinski definition) is 7. The van der Waals surface area contributed by atoms with Gasteiger partial charge in [0.2, 0.25) is 5.88 Å². The van der Waals surface area contributed by atoms with Gasteiger partial charge in [-0.05, 0) is 23.8 Å². The van der Waals surface area contributed by atoms with Gasteiger partial charge in [0.25, 0.3) is 0 Å². The van der Waals surface area contributed by atoms with Gasteiger partial charge in [0.15, 0.2) is 17.6 Å². The Bertz CT molecular complexity index is 1180. The van der Waals surface area contributed by atoms with Crippen LogP contribution in [-0.2, 0) is 5.54 Å². The van der Waals surface area contributed by atoms with Gasteiger partial charge in [0, 0.05) is 23.8 Å². The largest absolute Gasteiger partial charge is 0.465 e. The van der Waals surface area contributed by atoms with E-state index >= 15 is 4.39 Å². The molecule has 0 aliphatic carbocycles. The Labute approximate surface area is 192 Å². The summed E-state index contributed by atoms with van der Waals surface area (Å²) >= 11 is 1.30. The van der Waals surface area contributed by atoms with Crippen LogP contribution in [0.15, 0.2) is 35.6 Å². The average Bonchev–Trinajstić information content (AvgIpc) is 3.19. The lowest BCUT2D eigenvalue weighted by Gasteiger charge is -2.34. The minimum Gasteiger partial charge on any atom is -0.465 e. The number of hydrogen-bond donors (Lipinski definition) is 2. The fourth-order valence-corrected chi connectivity index (χ4v) is 4.94. The molecule has 1 amide bonds. The maximum Gasteiger partial charge on any atom is 0.407 e. The maximum absolute atomic E-state index is 15.0. The Morgan fingerprint density at radius 1 is 1.45 bits per heavy atom. The van der Waals surface area contributed by atoms with E-state index in [1.807, 2.05) is 0 Å². The van der Waals surface area contributed by atoms with Crippen molar-refractivity contribution in [2.24, 2.45) is 16.6 Å². The number of fused-ring (bicyclic) bond motifs is 1. The van der Waals surface area contributed by atoms with Crippen molar-refractivity contribution in [3.63, 3.8) is 0 Å². The van der Waals surface area contributed by atoms with Gasteiger partial charge in [0.1, 0.15) is 17.1 Å². The van der Waals surface area contributed by atoms with Crippen molar-refractivity contribution in [2.45, 2.75) is 5.54 Å². The molecule has 3 N–H and O–H groups in total. The maximum atomic E-state index is 15.0. The van der Waals surface area contributed by atoms with Crippen molar-refractivity contribution in [3.05, 3.63) is 53.2 Å². The van der Waals surface area contributed by atoms with E-state index in [0.717, 1.165) is 0 Å². The number of thioether (sulfide) groups is 1. The predicted octanol–water partition coefficient (Wildman–Crippen LogP) is 2.96. The Kier molecular flexibility index (Phi) is 6.20. The lowest BCUT2D eigenvalue weighted by molar-refractivity contribution is 0.152. The number of nitrogens with two attached hydrogens (primary N) is 1. The van der Waals surface area contributed by atoms with Crippen LogP contribution in [0, 0.1) is 24.1 Å². The molecule has 1 fully saturated rings. The number of carboxylic acid groups (broad SMARTS) is 1. The van der Waals surface area contributed by atoms with E-state index in [4.69, 9.17) is 16.9 Å². The van der Waals surface area contributed by atoms with E-state index < -0.39 is 23.3 Å². The first-order valence-corrected chi connectivity index (χ1v) is 10.8. The molecule has 11 heteroatoms. The quantitative estimate of drug-likeness (QED) is 0.645. The van der Waals surface area contributed by atoms with Crippen LogP contribution >= 0.6 is 11.8 Å². The molecule has 4 rings (SSSR count). The van der Waals surface area contributed by atoms with E-state index in [2.05, 4.69) is 20.9 Å². The van der Waals surface area contributed by atoms with Crippen LogP contribution in [0.25, 0.3) is 11.9 Å². The molecule has 2 atom stereocenters. The molecule has 2 aromatic rings. The summed E-state index contributed by atoms with van der Waals surface area (Å²) < 4.78 is 34.9. The highest BCUT2D eigenvalue weighted by Gasteiger charge is 2.52. The van der Waals surface area contributed by atoms with Crippen molar-refractivity contribution in [2.75, 3.05) is 25.4 Å². The van der Waals surface area contributed by atoms with E-state index in [1.54, 1.807) is 0 Å². The summed E-state index contributed by atoms with van der Waals surface area (Å²) in [5.41, 5.74) is 5.25. The third kappa shape index (κ3) is 4.47. The molecule has 170 valence electrons. The normalized spacial score (nSPS) is 22.3. The summed E-state index contributed by atoms with van der Waals surface area (Å²) in [6.45, 7) is 0.181. The van der Waals surface area contributed by atoms with Crippen LogP contribution in [0.2, 0.25) is 0 Å². The number of aromatic nitrogens is 2. The monoisotopic (exact) mass is 471 g/mol. The van der Waals surface area contributed by atoms with Crippen LogP contribution in [0.1, 0.15) is 16.8 Å². The van der Waals surface area contributed by atoms with Crippen molar-refractivity contribution in [3.8, 4) is 18.2 Å². The zero-order valence-corrected chi connectivity index (χ0v) is 18.1. The molecule has 0 radical (unpaired) electrons. The molecule has 2 unspecified atom stereocenters. The van der Waals surface area contributed by atoms with Gasteiger partial charge < -0.3 is 20.5 Å². The molecule has 0 saturated carbocycles. The second kappa shape index (κ2) is 9.07. The molecule has 3 heterocycles. The van der Waals surface area contributed by atoms with E-state index in [0.29, 0.717) is 11.3 Å². The third-order valence-electron chi connectivity index (χ3n) is 5.49. The molecule has 1 saturated heterocycles. The zero-order valence-electron chi connectivity index (χ0n) is 17.2. The summed E-state index contributed by atoms with van der Waals surface area (Å²) in [6, 6.07) is 4.09. The summed E-state index contributed by atoms with van der Waals surface area (Å²) in [6.07, 6.45) is 7.63. The number of aliphatic imine (C=N–C) groups is 1. The van der Waals surface area contributed by atoms with E-state index in [1.165, 1.54) is 53.3 Å². The Balaban J connectivity index is 1.68. The van der Waals surface area contributed by atoms with Gasteiger partial charge in [-0.3, -0.25) is 0 Å². The van der Waals surface area contributed by atoms with Crippen LogP contribution in [0.4, 0.5) is 13.6 Å². The van der Waals surface area contributed by atoms with E-state index in [-0.39, 0.29) is 47.9 Å². The molecule has 1 aromatic carbocycles. The highest BCUT2D eigenvalue weighted by molar-refractivity contribution is 8.13. The number of amides is 1. The van der Waals surface area contributed by atoms with Crippen molar-refractivity contribution >= 4 is 34.9 Å². The van der Waals surface area contributed by atoms with Crippen LogP contribution in [0.5, 0.6) is 5.88 Å². The lowest BCUT2D eigenvalue weighted by atomic mass is 9.81. The van der Waals surface area contributed by atoms with E-state index in [9.17, 15) is 14.3 Å². The molecule has 2 aliphatic heterocycles. The second-order valence-corrected chi connectivity index (χ2v) is 8.55. The topological polar surface area (TPSA) is 114 Å². The van der Waals surface area contributed by atoms with Gasteiger partial charge in [-0.25, -0.2) is 28.5 Å². The lowest BCUT2D eigenvalue weighted by Crippen LogP contribution is -2.41. The highest BCUT2D eigenvalue weighted by Crippen LogP contribution is 2.46. The summed E-state index contributed by atoms with van der Waals surface area (Å²) in [7, 11) is 0. The van der Waals surface area contributed by atoms with Crippen molar-refractivity contribution in [1.29, 1.82) is 0 Å². The fraction of sp³-hybridized carbons (Fsp3) is 0.273. The van der Waals surface area contributed by atoms with Gasteiger partial charge in [0.05, 0.1) is 18.9 Å². The van der Waals surface area contributed by atoms with Crippen LogP contribution in [-0.4, -0.2) is 56.7 Å². The molecular weight excluding hydrogens is 452 g/mol. The second-order valence-electron chi connectivity index (χ2n) is 7.51. The van der Waals surface area contributed by atoms with Crippen molar-refractivity contribution in [1.82, 2.24) is 14.9 Å². The highest BCUT2D eigenvalue weighted by atomic mass is 32.2. The fourth-order valence-electron chi connectivity index (χ4n) is 3.96. The van der Waals surface area contributed by atoms with Gasteiger partial charge >= 0.3 is 6.09 Å². The number of amidine groups is 1. The van der Waals surface area contributed by atoms with Crippen LogP contribution < -0.4 is 10.5 Å². The van der Waals surface area contributed by atoms with Gasteiger partial charge in [-0.1, -0.05) is 23.7 Å². The minimum atomic E-state index is -1.17. The summed E-state index contributed by atoms with van der Waals surface area (Å²) in [5.74, 6) is 1.41. The molecule has 1 aromatic heterocycles. The first kappa shape index (κ1) is 22.5. The number of halogens is 2. The van der Waals surface area contributed by atoms with Gasteiger partial charge in [-0.2, -0.15) is 0 Å². The number of ether oxygens (including phenoxy) is 1. The number of benzene rings is 1. The Morgan fingerprint density at radius 2 is 2.27 bits per heavy atom. The molecule has 0 spiro atoms. The zero-order chi connectivity index (χ0) is 23.6. The van der Waals surface area contributed by atoms with Crippen molar-refractivity contribution < 1.29 is 23.4 Å². The van der Waals surface area contributed by atoms with Gasteiger partial charge in [-0.15, -0.1) is 6.42 Å². The van der Waals surface area contributed by atoms with Crippen LogP contribution in [0.3, 0.4) is 0 Å². The summed E-state index contributed by atoms with van der Waals surface area (Å²) in [5, 5.41) is 9.74. The standard InChI is InChI=1S/C22H19F2N5O3S/c1-2-5-32-19-9-26-18(8-27-19)17(24)7-13-3-4-16(23)15(6-13)22-12-29(21(30)31)10-14(22)11-33-20(25)28-22/h1,3-4,6-9,14H,5,10-12H2,(H2,25,28)(H,30,31)/b17-7-. The summed E-state index contributed by atoms with van der Waals surface area (Å²) in [4.78, 5) is 25.2.